The minimum absolute atomic E-state index is 0.0831. The number of amides is 2. The van der Waals surface area contributed by atoms with Gasteiger partial charge < -0.3 is 10.2 Å². The van der Waals surface area contributed by atoms with Crippen LogP contribution in [0.3, 0.4) is 0 Å². The van der Waals surface area contributed by atoms with Crippen molar-refractivity contribution in [2.75, 3.05) is 31.5 Å². The molecule has 0 aromatic heterocycles. The van der Waals surface area contributed by atoms with Crippen LogP contribution in [-0.4, -0.2) is 53.8 Å². The van der Waals surface area contributed by atoms with Gasteiger partial charge in [0.25, 0.3) is 5.91 Å². The Kier molecular flexibility index (Phi) is 5.77. The van der Waals surface area contributed by atoms with E-state index < -0.39 is 5.82 Å². The number of hydrogen-bond donors (Lipinski definition) is 1. The summed E-state index contributed by atoms with van der Waals surface area (Å²) in [5, 5.41) is 5.11. The lowest BCUT2D eigenvalue weighted by Gasteiger charge is -2.37. The van der Waals surface area contributed by atoms with Crippen molar-refractivity contribution in [2.45, 2.75) is 13.0 Å². The van der Waals surface area contributed by atoms with Crippen molar-refractivity contribution in [1.82, 2.24) is 9.80 Å². The molecule has 0 aliphatic carbocycles. The van der Waals surface area contributed by atoms with Gasteiger partial charge in [0.15, 0.2) is 0 Å². The minimum atomic E-state index is -0.507. The molecule has 1 heterocycles. The molecule has 3 aromatic carbocycles. The molecule has 1 aliphatic rings. The Morgan fingerprint density at radius 3 is 2.33 bits per heavy atom. The summed E-state index contributed by atoms with van der Waals surface area (Å²) in [5.41, 5.74) is 0.881. The average molecular weight is 405 g/mol. The van der Waals surface area contributed by atoms with Gasteiger partial charge in [0.2, 0.25) is 5.91 Å². The van der Waals surface area contributed by atoms with Gasteiger partial charge in [-0.15, -0.1) is 0 Å². The summed E-state index contributed by atoms with van der Waals surface area (Å²) in [6.07, 6.45) is 0. The molecule has 1 saturated heterocycles. The zero-order valence-corrected chi connectivity index (χ0v) is 16.8. The monoisotopic (exact) mass is 405 g/mol. The smallest absolute Gasteiger partial charge is 0.256 e. The van der Waals surface area contributed by atoms with Crippen molar-refractivity contribution in [3.63, 3.8) is 0 Å². The standard InChI is InChI=1S/C24H24FN3O2/c1-17(23(29)26-22-12-6-8-18-7-2-3-9-19(18)22)27-13-15-28(16-14-27)24(30)20-10-4-5-11-21(20)25/h2-12,17H,13-16H2,1H3,(H,26,29). The SMILES string of the molecule is CC(C(=O)Nc1cccc2ccccc12)N1CCN(C(=O)c2ccccc2F)CC1. The van der Waals surface area contributed by atoms with E-state index in [1.54, 1.807) is 17.0 Å². The number of anilines is 1. The lowest BCUT2D eigenvalue weighted by Crippen LogP contribution is -2.54. The highest BCUT2D eigenvalue weighted by atomic mass is 19.1. The van der Waals surface area contributed by atoms with E-state index in [1.807, 2.05) is 54.3 Å². The van der Waals surface area contributed by atoms with Crippen molar-refractivity contribution >= 4 is 28.3 Å². The van der Waals surface area contributed by atoms with Crippen LogP contribution in [0, 0.1) is 5.82 Å². The number of fused-ring (bicyclic) bond motifs is 1. The van der Waals surface area contributed by atoms with E-state index in [0.29, 0.717) is 26.2 Å². The third kappa shape index (κ3) is 4.04. The maximum atomic E-state index is 13.9. The Morgan fingerprint density at radius 2 is 1.57 bits per heavy atom. The highest BCUT2D eigenvalue weighted by molar-refractivity contribution is 6.03. The molecule has 5 nitrogen and oxygen atoms in total. The van der Waals surface area contributed by atoms with Crippen LogP contribution in [0.1, 0.15) is 17.3 Å². The third-order valence-electron chi connectivity index (χ3n) is 5.68. The molecule has 0 saturated carbocycles. The third-order valence-corrected chi connectivity index (χ3v) is 5.68. The molecule has 0 radical (unpaired) electrons. The van der Waals surface area contributed by atoms with Gasteiger partial charge in [-0.25, -0.2) is 4.39 Å². The fourth-order valence-corrected chi connectivity index (χ4v) is 3.85. The number of benzene rings is 3. The number of rotatable bonds is 4. The van der Waals surface area contributed by atoms with Crippen LogP contribution in [0.4, 0.5) is 10.1 Å². The zero-order valence-electron chi connectivity index (χ0n) is 16.8. The molecule has 6 heteroatoms. The van der Waals surface area contributed by atoms with Crippen LogP contribution in [0.2, 0.25) is 0 Å². The molecular formula is C24H24FN3O2. The first-order valence-corrected chi connectivity index (χ1v) is 10.1. The molecule has 4 rings (SSSR count). The van der Waals surface area contributed by atoms with Crippen LogP contribution in [0.5, 0.6) is 0 Å². The maximum absolute atomic E-state index is 13.9. The average Bonchev–Trinajstić information content (AvgIpc) is 2.79. The van der Waals surface area contributed by atoms with Gasteiger partial charge in [-0.3, -0.25) is 14.5 Å². The van der Waals surface area contributed by atoms with Crippen LogP contribution in [-0.2, 0) is 4.79 Å². The van der Waals surface area contributed by atoms with E-state index in [9.17, 15) is 14.0 Å². The van der Waals surface area contributed by atoms with Gasteiger partial charge in [-0.05, 0) is 30.5 Å². The Hall–Kier alpha value is -3.25. The van der Waals surface area contributed by atoms with E-state index in [-0.39, 0.29) is 23.4 Å². The summed E-state index contributed by atoms with van der Waals surface area (Å²) in [6, 6.07) is 19.5. The lowest BCUT2D eigenvalue weighted by atomic mass is 10.1. The fraction of sp³-hybridized carbons (Fsp3) is 0.250. The Bertz CT molecular complexity index is 1070. The lowest BCUT2D eigenvalue weighted by molar-refractivity contribution is -0.121. The Balaban J connectivity index is 1.38. The second kappa shape index (κ2) is 8.63. The van der Waals surface area contributed by atoms with Crippen LogP contribution < -0.4 is 5.32 Å². The molecular weight excluding hydrogens is 381 g/mol. The molecule has 0 spiro atoms. The number of carbonyl (C=O) groups excluding carboxylic acids is 2. The van der Waals surface area contributed by atoms with E-state index in [2.05, 4.69) is 5.32 Å². The first kappa shape index (κ1) is 20.0. The second-order valence-electron chi connectivity index (χ2n) is 7.50. The van der Waals surface area contributed by atoms with Crippen LogP contribution in [0.25, 0.3) is 10.8 Å². The largest absolute Gasteiger partial charge is 0.336 e. The summed E-state index contributed by atoms with van der Waals surface area (Å²) in [4.78, 5) is 29.1. The van der Waals surface area contributed by atoms with Gasteiger partial charge in [0, 0.05) is 37.3 Å². The fourth-order valence-electron chi connectivity index (χ4n) is 3.85. The predicted octanol–water partition coefficient (Wildman–Crippen LogP) is 3.76. The normalized spacial score (nSPS) is 15.7. The summed E-state index contributed by atoms with van der Waals surface area (Å²) in [7, 11) is 0. The number of nitrogens with zero attached hydrogens (tertiary/aromatic N) is 2. The van der Waals surface area contributed by atoms with Crippen LogP contribution in [0.15, 0.2) is 66.7 Å². The maximum Gasteiger partial charge on any atom is 0.256 e. The van der Waals surface area contributed by atoms with Gasteiger partial charge in [0.1, 0.15) is 5.82 Å². The highest BCUT2D eigenvalue weighted by Crippen LogP contribution is 2.23. The van der Waals surface area contributed by atoms with Crippen molar-refractivity contribution < 1.29 is 14.0 Å². The van der Waals surface area contributed by atoms with Crippen molar-refractivity contribution in [3.05, 3.63) is 78.1 Å². The number of piperazine rings is 1. The molecule has 0 bridgehead atoms. The first-order valence-electron chi connectivity index (χ1n) is 10.1. The number of carbonyl (C=O) groups is 2. The number of hydrogen-bond acceptors (Lipinski definition) is 3. The molecule has 30 heavy (non-hydrogen) atoms. The van der Waals surface area contributed by atoms with Crippen molar-refractivity contribution in [2.24, 2.45) is 0 Å². The molecule has 1 fully saturated rings. The molecule has 1 atom stereocenters. The van der Waals surface area contributed by atoms with E-state index in [0.717, 1.165) is 16.5 Å². The van der Waals surface area contributed by atoms with E-state index >= 15 is 0 Å². The first-order chi connectivity index (χ1) is 14.5. The quantitative estimate of drug-likeness (QED) is 0.719. The minimum Gasteiger partial charge on any atom is -0.336 e. The second-order valence-corrected chi connectivity index (χ2v) is 7.50. The molecule has 1 unspecified atom stereocenters. The van der Waals surface area contributed by atoms with E-state index in [4.69, 9.17) is 0 Å². The summed E-state index contributed by atoms with van der Waals surface area (Å²) >= 11 is 0. The van der Waals surface area contributed by atoms with Gasteiger partial charge in [0.05, 0.1) is 11.6 Å². The van der Waals surface area contributed by atoms with Crippen molar-refractivity contribution in [1.29, 1.82) is 0 Å². The van der Waals surface area contributed by atoms with Gasteiger partial charge >= 0.3 is 0 Å². The van der Waals surface area contributed by atoms with Gasteiger partial charge in [-0.1, -0.05) is 48.5 Å². The van der Waals surface area contributed by atoms with Crippen LogP contribution >= 0.6 is 0 Å². The summed E-state index contributed by atoms with van der Waals surface area (Å²) in [5.74, 6) is -0.895. The molecule has 2 amide bonds. The molecule has 3 aromatic rings. The molecule has 154 valence electrons. The van der Waals surface area contributed by atoms with E-state index in [1.165, 1.54) is 12.1 Å². The highest BCUT2D eigenvalue weighted by Gasteiger charge is 2.28. The summed E-state index contributed by atoms with van der Waals surface area (Å²) < 4.78 is 13.9. The Morgan fingerprint density at radius 1 is 0.900 bits per heavy atom. The van der Waals surface area contributed by atoms with Crippen molar-refractivity contribution in [3.8, 4) is 0 Å². The summed E-state index contributed by atoms with van der Waals surface area (Å²) in [6.45, 7) is 3.90. The molecule has 1 aliphatic heterocycles. The predicted molar refractivity (Wildman–Crippen MR) is 116 cm³/mol. The topological polar surface area (TPSA) is 52.7 Å². The zero-order chi connectivity index (χ0) is 21.1. The molecule has 1 N–H and O–H groups in total. The van der Waals surface area contributed by atoms with Gasteiger partial charge in [-0.2, -0.15) is 0 Å². The number of halogens is 1. The Labute approximate surface area is 175 Å². The number of nitrogens with one attached hydrogen (secondary N) is 1.